The van der Waals surface area contributed by atoms with Crippen LogP contribution in [0.1, 0.15) is 78.1 Å². The summed E-state index contributed by atoms with van der Waals surface area (Å²) in [5, 5.41) is 3.44. The summed E-state index contributed by atoms with van der Waals surface area (Å²) in [7, 11) is 1.40. The summed E-state index contributed by atoms with van der Waals surface area (Å²) in [6, 6.07) is 0. The van der Waals surface area contributed by atoms with E-state index in [1.54, 1.807) is 6.92 Å². The van der Waals surface area contributed by atoms with Gasteiger partial charge in [-0.2, -0.15) is 0 Å². The van der Waals surface area contributed by atoms with Crippen LogP contribution in [-0.2, 0) is 19.1 Å². The molecular weight excluding hydrogens is 334 g/mol. The van der Waals surface area contributed by atoms with Crippen molar-refractivity contribution in [3.05, 3.63) is 10.4 Å². The highest BCUT2D eigenvalue weighted by atomic mass is 16.5. The number of carbonyl (C=O) groups is 2. The first-order chi connectivity index (χ1) is 12.6. The van der Waals surface area contributed by atoms with Gasteiger partial charge in [-0.3, -0.25) is 9.59 Å². The SMILES string of the molecule is CCCCCCCCCCCC(=O)C(C(=O)OCC)C(CN=[N+]=[N-])OC. The van der Waals surface area contributed by atoms with Crippen molar-refractivity contribution in [2.24, 2.45) is 11.0 Å². The molecule has 2 atom stereocenters. The second-order valence-electron chi connectivity index (χ2n) is 6.46. The van der Waals surface area contributed by atoms with Crippen molar-refractivity contribution < 1.29 is 19.1 Å². The maximum atomic E-state index is 12.5. The van der Waals surface area contributed by atoms with E-state index in [2.05, 4.69) is 16.9 Å². The van der Waals surface area contributed by atoms with Crippen LogP contribution in [0.4, 0.5) is 0 Å². The third-order valence-corrected chi connectivity index (χ3v) is 4.41. The zero-order valence-electron chi connectivity index (χ0n) is 16.6. The molecule has 7 heteroatoms. The van der Waals surface area contributed by atoms with Crippen molar-refractivity contribution in [2.75, 3.05) is 20.3 Å². The maximum Gasteiger partial charge on any atom is 0.319 e. The second kappa shape index (κ2) is 16.9. The molecule has 0 aliphatic carbocycles. The molecule has 0 bridgehead atoms. The lowest BCUT2D eigenvalue weighted by Gasteiger charge is -2.22. The van der Waals surface area contributed by atoms with Crippen molar-refractivity contribution in [3.63, 3.8) is 0 Å². The number of Topliss-reactive ketones (excluding diaryl/α,β-unsaturated/α-hetero) is 1. The van der Waals surface area contributed by atoms with Crippen LogP contribution in [0.15, 0.2) is 5.11 Å². The summed E-state index contributed by atoms with van der Waals surface area (Å²) < 4.78 is 10.2. The van der Waals surface area contributed by atoms with Crippen molar-refractivity contribution in [2.45, 2.75) is 84.2 Å². The largest absolute Gasteiger partial charge is 0.465 e. The number of nitrogens with zero attached hydrogens (tertiary/aromatic N) is 3. The summed E-state index contributed by atoms with van der Waals surface area (Å²) in [5.74, 6) is -1.83. The molecule has 0 N–H and O–H groups in total. The summed E-state index contributed by atoms with van der Waals surface area (Å²) in [5.41, 5.74) is 8.47. The fraction of sp³-hybridized carbons (Fsp3) is 0.895. The number of ether oxygens (including phenoxy) is 2. The number of rotatable bonds is 17. The Morgan fingerprint density at radius 2 is 1.58 bits per heavy atom. The minimum Gasteiger partial charge on any atom is -0.465 e. The van der Waals surface area contributed by atoms with Gasteiger partial charge in [0.1, 0.15) is 11.7 Å². The molecule has 0 aromatic carbocycles. The zero-order chi connectivity index (χ0) is 19.6. The summed E-state index contributed by atoms with van der Waals surface area (Å²) in [6.45, 7) is 4.02. The number of hydrogen-bond donors (Lipinski definition) is 0. The molecule has 0 amide bonds. The Kier molecular flexibility index (Phi) is 15.8. The van der Waals surface area contributed by atoms with Gasteiger partial charge in [-0.05, 0) is 18.9 Å². The van der Waals surface area contributed by atoms with Gasteiger partial charge < -0.3 is 9.47 Å². The third kappa shape index (κ3) is 11.1. The molecule has 0 saturated carbocycles. The van der Waals surface area contributed by atoms with Crippen LogP contribution in [0.5, 0.6) is 0 Å². The molecule has 7 nitrogen and oxygen atoms in total. The van der Waals surface area contributed by atoms with E-state index >= 15 is 0 Å². The molecule has 0 aliphatic heterocycles. The lowest BCUT2D eigenvalue weighted by Crippen LogP contribution is -2.39. The molecule has 2 unspecified atom stereocenters. The highest BCUT2D eigenvalue weighted by Crippen LogP contribution is 2.17. The molecule has 26 heavy (non-hydrogen) atoms. The topological polar surface area (TPSA) is 101 Å². The minimum absolute atomic E-state index is 0.0695. The summed E-state index contributed by atoms with van der Waals surface area (Å²) >= 11 is 0. The van der Waals surface area contributed by atoms with E-state index < -0.39 is 18.0 Å². The van der Waals surface area contributed by atoms with Gasteiger partial charge in [0, 0.05) is 18.4 Å². The van der Waals surface area contributed by atoms with Crippen molar-refractivity contribution in [3.8, 4) is 0 Å². The van der Waals surface area contributed by atoms with Gasteiger partial charge in [0.05, 0.1) is 19.3 Å². The lowest BCUT2D eigenvalue weighted by molar-refractivity contribution is -0.157. The number of ketones is 1. The van der Waals surface area contributed by atoms with Crippen molar-refractivity contribution in [1.29, 1.82) is 0 Å². The molecule has 0 aromatic rings. The highest BCUT2D eigenvalue weighted by molar-refractivity contribution is 5.99. The van der Waals surface area contributed by atoms with Gasteiger partial charge in [-0.25, -0.2) is 0 Å². The van der Waals surface area contributed by atoms with Gasteiger partial charge in [0.2, 0.25) is 0 Å². The second-order valence-corrected chi connectivity index (χ2v) is 6.46. The summed E-state index contributed by atoms with van der Waals surface area (Å²) in [4.78, 5) is 27.3. The number of esters is 1. The van der Waals surface area contributed by atoms with Crippen molar-refractivity contribution in [1.82, 2.24) is 0 Å². The molecular formula is C19H35N3O4. The van der Waals surface area contributed by atoms with Crippen LogP contribution >= 0.6 is 0 Å². The van der Waals surface area contributed by atoms with E-state index in [0.29, 0.717) is 6.42 Å². The molecule has 0 spiro atoms. The number of carbonyl (C=O) groups excluding carboxylic acids is 2. The Hall–Kier alpha value is -1.59. The van der Waals surface area contributed by atoms with Gasteiger partial charge >= 0.3 is 5.97 Å². The molecule has 0 heterocycles. The fourth-order valence-corrected chi connectivity index (χ4v) is 2.92. The van der Waals surface area contributed by atoms with E-state index in [-0.39, 0.29) is 18.9 Å². The van der Waals surface area contributed by atoms with Gasteiger partial charge in [0.15, 0.2) is 0 Å². The number of unbranched alkanes of at least 4 members (excludes halogenated alkanes) is 8. The first-order valence-electron chi connectivity index (χ1n) is 9.85. The Labute approximate surface area is 157 Å². The van der Waals surface area contributed by atoms with Crippen LogP contribution in [-0.4, -0.2) is 38.1 Å². The number of azide groups is 1. The van der Waals surface area contributed by atoms with Gasteiger partial charge in [0.25, 0.3) is 0 Å². The molecule has 150 valence electrons. The van der Waals surface area contributed by atoms with Gasteiger partial charge in [-0.1, -0.05) is 63.4 Å². The van der Waals surface area contributed by atoms with Crippen LogP contribution in [0.2, 0.25) is 0 Å². The fourth-order valence-electron chi connectivity index (χ4n) is 2.92. The van der Waals surface area contributed by atoms with E-state index in [1.807, 2.05) is 0 Å². The van der Waals surface area contributed by atoms with E-state index in [4.69, 9.17) is 15.0 Å². The first-order valence-corrected chi connectivity index (χ1v) is 9.85. The van der Waals surface area contributed by atoms with Crippen molar-refractivity contribution >= 4 is 11.8 Å². The zero-order valence-corrected chi connectivity index (χ0v) is 16.6. The standard InChI is InChI=1S/C19H35N3O4/c1-4-6-7-8-9-10-11-12-13-14-16(23)18(19(24)26-5-2)17(25-3)15-21-22-20/h17-18H,4-15H2,1-3H3. The Morgan fingerprint density at radius 1 is 1.00 bits per heavy atom. The number of methoxy groups -OCH3 is 1. The minimum atomic E-state index is -1.03. The Balaban J connectivity index is 4.33. The predicted octanol–water partition coefficient (Wildman–Crippen LogP) is 4.98. The summed E-state index contributed by atoms with van der Waals surface area (Å²) in [6.07, 6.45) is 9.96. The van der Waals surface area contributed by atoms with Gasteiger partial charge in [-0.15, -0.1) is 0 Å². The van der Waals surface area contributed by atoms with Crippen LogP contribution in [0.3, 0.4) is 0 Å². The van der Waals surface area contributed by atoms with E-state index in [1.165, 1.54) is 45.6 Å². The smallest absolute Gasteiger partial charge is 0.319 e. The van der Waals surface area contributed by atoms with Crippen LogP contribution < -0.4 is 0 Å². The molecule has 0 aliphatic rings. The quantitative estimate of drug-likeness (QED) is 0.0900. The average molecular weight is 370 g/mol. The molecule has 0 saturated heterocycles. The molecule has 0 radical (unpaired) electrons. The molecule has 0 aromatic heterocycles. The van der Waals surface area contributed by atoms with E-state index in [9.17, 15) is 9.59 Å². The number of hydrogen-bond acceptors (Lipinski definition) is 5. The third-order valence-electron chi connectivity index (χ3n) is 4.41. The highest BCUT2D eigenvalue weighted by Gasteiger charge is 2.35. The first kappa shape index (κ1) is 24.4. The van der Waals surface area contributed by atoms with Crippen LogP contribution in [0, 0.1) is 5.92 Å². The van der Waals surface area contributed by atoms with Crippen LogP contribution in [0.25, 0.3) is 10.4 Å². The average Bonchev–Trinajstić information content (AvgIpc) is 2.63. The predicted molar refractivity (Wildman–Crippen MR) is 102 cm³/mol. The lowest BCUT2D eigenvalue weighted by atomic mass is 9.93. The van der Waals surface area contributed by atoms with E-state index in [0.717, 1.165) is 19.3 Å². The Morgan fingerprint density at radius 3 is 2.08 bits per heavy atom. The normalized spacial score (nSPS) is 12.9. The molecule has 0 fully saturated rings. The monoisotopic (exact) mass is 369 g/mol. The Bertz CT molecular complexity index is 437. The maximum absolute atomic E-state index is 12.5. The molecule has 0 rings (SSSR count).